The Morgan fingerprint density at radius 2 is 1.62 bits per heavy atom. The first-order valence-corrected chi connectivity index (χ1v) is 9.84. The van der Waals surface area contributed by atoms with E-state index in [0.717, 1.165) is 34.2 Å². The number of aryl methyl sites for hydroxylation is 2. The van der Waals surface area contributed by atoms with Crippen molar-refractivity contribution in [2.24, 2.45) is 0 Å². The number of fused-ring (bicyclic) bond motifs is 1. The molecule has 0 N–H and O–H groups in total. The molecule has 0 bridgehead atoms. The third kappa shape index (κ3) is 2.97. The molecule has 4 rings (SSSR count). The average molecular weight is 405 g/mol. The maximum atomic E-state index is 4.84. The summed E-state index contributed by atoms with van der Waals surface area (Å²) in [5.74, 6) is 0. The Balaban J connectivity index is 1.85. The van der Waals surface area contributed by atoms with Gasteiger partial charge in [0.25, 0.3) is 0 Å². The van der Waals surface area contributed by atoms with Crippen molar-refractivity contribution >= 4 is 26.8 Å². The zero-order chi connectivity index (χ0) is 18.1. The van der Waals surface area contributed by atoms with Gasteiger partial charge in [-0.1, -0.05) is 48.0 Å². The second-order valence-electron chi connectivity index (χ2n) is 6.45. The van der Waals surface area contributed by atoms with E-state index in [-0.39, 0.29) is 0 Å². The molecule has 0 spiro atoms. The molecule has 2 aromatic carbocycles. The highest BCUT2D eigenvalue weighted by molar-refractivity contribution is 9.10. The molecule has 0 unspecified atom stereocenters. The van der Waals surface area contributed by atoms with Crippen LogP contribution in [0.5, 0.6) is 0 Å². The van der Waals surface area contributed by atoms with E-state index in [2.05, 4.69) is 95.1 Å². The summed E-state index contributed by atoms with van der Waals surface area (Å²) in [6, 6.07) is 19.3. The number of hydrogen-bond donors (Lipinski definition) is 0. The summed E-state index contributed by atoms with van der Waals surface area (Å²) < 4.78 is 3.27. The molecule has 0 saturated carbocycles. The number of rotatable bonds is 4. The molecule has 3 heteroatoms. The van der Waals surface area contributed by atoms with Crippen LogP contribution in [0.15, 0.2) is 71.5 Å². The van der Waals surface area contributed by atoms with Crippen LogP contribution in [0.4, 0.5) is 0 Å². The minimum absolute atomic E-state index is 1.02. The van der Waals surface area contributed by atoms with Crippen LogP contribution in [-0.2, 0) is 12.8 Å². The van der Waals surface area contributed by atoms with Gasteiger partial charge in [0.1, 0.15) is 0 Å². The molecule has 0 aliphatic rings. The number of hydrogen-bond acceptors (Lipinski definition) is 1. The maximum absolute atomic E-state index is 4.84. The third-order valence-electron chi connectivity index (χ3n) is 4.94. The lowest BCUT2D eigenvalue weighted by Crippen LogP contribution is -1.97. The molecule has 2 heterocycles. The summed E-state index contributed by atoms with van der Waals surface area (Å²) in [6.07, 6.45) is 6.15. The van der Waals surface area contributed by atoms with Gasteiger partial charge >= 0.3 is 0 Å². The summed E-state index contributed by atoms with van der Waals surface area (Å²) in [4.78, 5) is 4.84. The fourth-order valence-corrected chi connectivity index (χ4v) is 3.83. The Kier molecular flexibility index (Phi) is 4.64. The van der Waals surface area contributed by atoms with Gasteiger partial charge in [-0.3, -0.25) is 4.98 Å². The highest BCUT2D eigenvalue weighted by Gasteiger charge is 2.12. The molecule has 0 amide bonds. The van der Waals surface area contributed by atoms with Crippen LogP contribution >= 0.6 is 15.9 Å². The molecule has 2 aromatic heterocycles. The predicted octanol–water partition coefficient (Wildman–Crippen LogP) is 6.58. The Hall–Kier alpha value is -2.39. The molecule has 130 valence electrons. The van der Waals surface area contributed by atoms with Crippen molar-refractivity contribution in [3.05, 3.63) is 82.6 Å². The lowest BCUT2D eigenvalue weighted by atomic mass is 9.94. The zero-order valence-electron chi connectivity index (χ0n) is 15.0. The fourth-order valence-electron chi connectivity index (χ4n) is 3.57. The second kappa shape index (κ2) is 7.08. The Bertz CT molecular complexity index is 1040. The molecular formula is C23H21BrN2. The van der Waals surface area contributed by atoms with Crippen LogP contribution in [0.3, 0.4) is 0 Å². The maximum Gasteiger partial charge on any atom is 0.0715 e. The van der Waals surface area contributed by atoms with Crippen molar-refractivity contribution < 1.29 is 0 Å². The molecule has 0 aliphatic carbocycles. The van der Waals surface area contributed by atoms with Crippen molar-refractivity contribution in [2.75, 3.05) is 0 Å². The van der Waals surface area contributed by atoms with E-state index < -0.39 is 0 Å². The van der Waals surface area contributed by atoms with Crippen LogP contribution in [0, 0.1) is 0 Å². The van der Waals surface area contributed by atoms with Crippen LogP contribution in [0.2, 0.25) is 0 Å². The van der Waals surface area contributed by atoms with E-state index in [1.165, 1.54) is 22.1 Å². The van der Waals surface area contributed by atoms with Gasteiger partial charge in [-0.25, -0.2) is 0 Å². The van der Waals surface area contributed by atoms with E-state index >= 15 is 0 Å². The third-order valence-corrected chi connectivity index (χ3v) is 5.47. The minimum Gasteiger partial charge on any atom is -0.315 e. The number of pyridine rings is 1. The molecule has 0 radical (unpaired) electrons. The van der Waals surface area contributed by atoms with Gasteiger partial charge in [0, 0.05) is 27.3 Å². The summed E-state index contributed by atoms with van der Waals surface area (Å²) >= 11 is 3.50. The number of benzene rings is 2. The smallest absolute Gasteiger partial charge is 0.0715 e. The molecule has 4 aromatic rings. The van der Waals surface area contributed by atoms with Gasteiger partial charge in [0.05, 0.1) is 17.4 Å². The average Bonchev–Trinajstić information content (AvgIpc) is 3.11. The lowest BCUT2D eigenvalue weighted by molar-refractivity contribution is 1.08. The van der Waals surface area contributed by atoms with Crippen molar-refractivity contribution in [1.29, 1.82) is 0 Å². The van der Waals surface area contributed by atoms with E-state index in [1.54, 1.807) is 0 Å². The van der Waals surface area contributed by atoms with Crippen molar-refractivity contribution in [3.8, 4) is 16.9 Å². The molecule has 26 heavy (non-hydrogen) atoms. The quantitative estimate of drug-likeness (QED) is 0.375. The molecule has 0 aliphatic heterocycles. The van der Waals surface area contributed by atoms with Crippen LogP contribution in [-0.4, -0.2) is 9.55 Å². The topological polar surface area (TPSA) is 17.8 Å². The summed E-state index contributed by atoms with van der Waals surface area (Å²) in [6.45, 7) is 4.42. The normalized spacial score (nSPS) is 11.2. The molecule has 0 fully saturated rings. The summed E-state index contributed by atoms with van der Waals surface area (Å²) in [5, 5.41) is 1.21. The van der Waals surface area contributed by atoms with Gasteiger partial charge in [0.2, 0.25) is 0 Å². The number of halogens is 1. The molecule has 0 saturated heterocycles. The van der Waals surface area contributed by atoms with E-state index in [9.17, 15) is 0 Å². The van der Waals surface area contributed by atoms with E-state index in [4.69, 9.17) is 4.98 Å². The van der Waals surface area contributed by atoms with E-state index in [0.29, 0.717) is 0 Å². The van der Waals surface area contributed by atoms with Crippen molar-refractivity contribution in [3.63, 3.8) is 0 Å². The lowest BCUT2D eigenvalue weighted by Gasteiger charge is -2.13. The number of aromatic nitrogens is 2. The van der Waals surface area contributed by atoms with Crippen molar-refractivity contribution in [2.45, 2.75) is 26.7 Å². The molecule has 0 atom stereocenters. The first-order chi connectivity index (χ1) is 12.7. The monoisotopic (exact) mass is 404 g/mol. The van der Waals surface area contributed by atoms with Gasteiger partial charge < -0.3 is 4.57 Å². The van der Waals surface area contributed by atoms with Crippen LogP contribution in [0.25, 0.3) is 27.8 Å². The Labute approximate surface area is 162 Å². The van der Waals surface area contributed by atoms with Gasteiger partial charge in [-0.05, 0) is 60.4 Å². The largest absolute Gasteiger partial charge is 0.315 e. The molecular weight excluding hydrogens is 384 g/mol. The first-order valence-electron chi connectivity index (χ1n) is 9.05. The second-order valence-corrected chi connectivity index (χ2v) is 7.36. The van der Waals surface area contributed by atoms with E-state index in [1.807, 2.05) is 6.20 Å². The van der Waals surface area contributed by atoms with Crippen LogP contribution < -0.4 is 0 Å². The zero-order valence-corrected chi connectivity index (χ0v) is 16.6. The van der Waals surface area contributed by atoms with Gasteiger partial charge in [-0.15, -0.1) is 0 Å². The highest BCUT2D eigenvalue weighted by atomic mass is 79.9. The predicted molar refractivity (Wildman–Crippen MR) is 113 cm³/mol. The Morgan fingerprint density at radius 1 is 0.923 bits per heavy atom. The first kappa shape index (κ1) is 17.0. The van der Waals surface area contributed by atoms with Gasteiger partial charge in [0.15, 0.2) is 0 Å². The van der Waals surface area contributed by atoms with Crippen LogP contribution in [0.1, 0.15) is 25.0 Å². The SMILES string of the molecule is CCc1cccc(CC)c1-c1cc2ccn(-c3ccc(Br)cc3)c2cn1. The number of nitrogens with zero attached hydrogens (tertiary/aromatic N) is 2. The molecule has 2 nitrogen and oxygen atoms in total. The van der Waals surface area contributed by atoms with Crippen molar-refractivity contribution in [1.82, 2.24) is 9.55 Å². The Morgan fingerprint density at radius 3 is 2.27 bits per heavy atom. The summed E-state index contributed by atoms with van der Waals surface area (Å²) in [5.41, 5.74) is 7.37. The summed E-state index contributed by atoms with van der Waals surface area (Å²) in [7, 11) is 0. The fraction of sp³-hybridized carbons (Fsp3) is 0.174. The highest BCUT2D eigenvalue weighted by Crippen LogP contribution is 2.30. The van der Waals surface area contributed by atoms with Gasteiger partial charge in [-0.2, -0.15) is 0 Å². The standard InChI is InChI=1S/C23H21BrN2/c1-3-16-6-5-7-17(4-2)23(16)21-14-18-12-13-26(22(18)15-25-21)20-10-8-19(24)9-11-20/h5-15H,3-4H2,1-2H3. The minimum atomic E-state index is 1.02.